The van der Waals surface area contributed by atoms with E-state index in [-0.39, 0.29) is 18.4 Å². The van der Waals surface area contributed by atoms with Gasteiger partial charge in [-0.1, -0.05) is 42.5 Å². The molecule has 5 heteroatoms. The van der Waals surface area contributed by atoms with Crippen molar-refractivity contribution in [3.8, 4) is 0 Å². The molecule has 1 heterocycles. The molecule has 0 aliphatic rings. The number of esters is 1. The molecule has 0 radical (unpaired) electrons. The summed E-state index contributed by atoms with van der Waals surface area (Å²) in [5.74, 6) is -0.524. The molecule has 0 saturated carbocycles. The average Bonchev–Trinajstić information content (AvgIpc) is 3.07. The van der Waals surface area contributed by atoms with Crippen LogP contribution >= 0.6 is 0 Å². The van der Waals surface area contributed by atoms with E-state index in [4.69, 9.17) is 4.74 Å². The Morgan fingerprint density at radius 2 is 1.71 bits per heavy atom. The fraction of sp³-hybridized carbons (Fsp3) is 0.346. The van der Waals surface area contributed by atoms with E-state index in [1.807, 2.05) is 55.5 Å². The van der Waals surface area contributed by atoms with Gasteiger partial charge >= 0.3 is 5.97 Å². The standard InChI is InChI=1S/C26H31FN2O2/c1-20-25(26(30)31-19-22-8-5-4-6-9-22)18-24(10-7-16-28(2)3)29(20)17-15-21-11-13-23(27)14-12-21/h4-6,8-9,11-14,18H,7,10,15-17,19H2,1-3H3. The zero-order valence-corrected chi connectivity index (χ0v) is 18.6. The molecule has 31 heavy (non-hydrogen) atoms. The van der Waals surface area contributed by atoms with E-state index in [0.29, 0.717) is 5.56 Å². The van der Waals surface area contributed by atoms with E-state index in [1.54, 1.807) is 0 Å². The topological polar surface area (TPSA) is 34.5 Å². The Kier molecular flexibility index (Phi) is 8.01. The Balaban J connectivity index is 1.75. The summed E-state index contributed by atoms with van der Waals surface area (Å²) in [4.78, 5) is 15.0. The molecule has 0 aliphatic carbocycles. The Morgan fingerprint density at radius 3 is 2.39 bits per heavy atom. The quantitative estimate of drug-likeness (QED) is 0.430. The lowest BCUT2D eigenvalue weighted by Crippen LogP contribution is -2.15. The third kappa shape index (κ3) is 6.53. The number of carbonyl (C=O) groups excluding carboxylic acids is 1. The van der Waals surface area contributed by atoms with Crippen molar-refractivity contribution in [2.75, 3.05) is 20.6 Å². The van der Waals surface area contributed by atoms with E-state index in [2.05, 4.69) is 23.6 Å². The number of rotatable bonds is 10. The zero-order valence-electron chi connectivity index (χ0n) is 18.6. The molecule has 1 aromatic heterocycles. The van der Waals surface area contributed by atoms with Crippen LogP contribution in [0.15, 0.2) is 60.7 Å². The van der Waals surface area contributed by atoms with Crippen molar-refractivity contribution >= 4 is 5.97 Å². The highest BCUT2D eigenvalue weighted by atomic mass is 19.1. The summed E-state index contributed by atoms with van der Waals surface area (Å²) in [5, 5.41) is 0. The Bertz CT molecular complexity index is 979. The second-order valence-electron chi connectivity index (χ2n) is 8.13. The number of aromatic nitrogens is 1. The summed E-state index contributed by atoms with van der Waals surface area (Å²) in [6, 6.07) is 18.3. The van der Waals surface area contributed by atoms with Crippen molar-refractivity contribution in [1.82, 2.24) is 9.47 Å². The Labute approximate surface area is 184 Å². The molecule has 0 fully saturated rings. The van der Waals surface area contributed by atoms with Crippen LogP contribution in [0.1, 0.15) is 39.3 Å². The van der Waals surface area contributed by atoms with Crippen LogP contribution in [-0.2, 0) is 30.7 Å². The van der Waals surface area contributed by atoms with Crippen LogP contribution in [0, 0.1) is 12.7 Å². The summed E-state index contributed by atoms with van der Waals surface area (Å²) >= 11 is 0. The highest BCUT2D eigenvalue weighted by molar-refractivity contribution is 5.91. The number of nitrogens with zero attached hydrogens (tertiary/aromatic N) is 2. The van der Waals surface area contributed by atoms with Crippen LogP contribution in [-0.4, -0.2) is 36.1 Å². The monoisotopic (exact) mass is 422 g/mol. The van der Waals surface area contributed by atoms with E-state index in [1.165, 1.54) is 12.1 Å². The van der Waals surface area contributed by atoms with Gasteiger partial charge in [0, 0.05) is 17.9 Å². The van der Waals surface area contributed by atoms with E-state index in [0.717, 1.165) is 54.9 Å². The predicted octanol–water partition coefficient (Wildman–Crippen LogP) is 5.03. The van der Waals surface area contributed by atoms with Gasteiger partial charge in [-0.3, -0.25) is 0 Å². The molecule has 0 bridgehead atoms. The second kappa shape index (κ2) is 10.9. The summed E-state index contributed by atoms with van der Waals surface area (Å²) in [5.41, 5.74) is 4.71. The minimum absolute atomic E-state index is 0.228. The second-order valence-corrected chi connectivity index (χ2v) is 8.13. The van der Waals surface area contributed by atoms with E-state index >= 15 is 0 Å². The molecule has 0 unspecified atom stereocenters. The van der Waals surface area contributed by atoms with Crippen LogP contribution in [0.4, 0.5) is 4.39 Å². The van der Waals surface area contributed by atoms with Crippen LogP contribution in [0.3, 0.4) is 0 Å². The number of halogens is 1. The Morgan fingerprint density at radius 1 is 1.00 bits per heavy atom. The highest BCUT2D eigenvalue weighted by Gasteiger charge is 2.19. The van der Waals surface area contributed by atoms with Gasteiger partial charge in [-0.25, -0.2) is 9.18 Å². The summed E-state index contributed by atoms with van der Waals surface area (Å²) in [7, 11) is 4.12. The summed E-state index contributed by atoms with van der Waals surface area (Å²) < 4.78 is 21.0. The SMILES string of the molecule is Cc1c(C(=O)OCc2ccccc2)cc(CCCN(C)C)n1CCc1ccc(F)cc1. The van der Waals surface area contributed by atoms with Gasteiger partial charge in [-0.05, 0) is 76.2 Å². The molecule has 0 spiro atoms. The van der Waals surface area contributed by atoms with Crippen molar-refractivity contribution < 1.29 is 13.9 Å². The van der Waals surface area contributed by atoms with Gasteiger partial charge in [-0.2, -0.15) is 0 Å². The van der Waals surface area contributed by atoms with Crippen molar-refractivity contribution in [2.24, 2.45) is 0 Å². The fourth-order valence-corrected chi connectivity index (χ4v) is 3.70. The summed E-state index contributed by atoms with van der Waals surface area (Å²) in [6.45, 7) is 3.95. The first-order chi connectivity index (χ1) is 14.9. The number of aryl methyl sites for hydroxylation is 2. The number of carbonyl (C=O) groups is 1. The largest absolute Gasteiger partial charge is 0.457 e. The third-order valence-corrected chi connectivity index (χ3v) is 5.46. The van der Waals surface area contributed by atoms with Gasteiger partial charge in [0.05, 0.1) is 5.56 Å². The number of hydrogen-bond donors (Lipinski definition) is 0. The van der Waals surface area contributed by atoms with E-state index < -0.39 is 0 Å². The maximum atomic E-state index is 13.2. The smallest absolute Gasteiger partial charge is 0.340 e. The maximum Gasteiger partial charge on any atom is 0.340 e. The fourth-order valence-electron chi connectivity index (χ4n) is 3.70. The maximum absolute atomic E-state index is 13.2. The number of ether oxygens (including phenoxy) is 1. The minimum Gasteiger partial charge on any atom is -0.457 e. The first-order valence-electron chi connectivity index (χ1n) is 10.7. The van der Waals surface area contributed by atoms with Gasteiger partial charge in [0.2, 0.25) is 0 Å². The summed E-state index contributed by atoms with van der Waals surface area (Å²) in [6.07, 6.45) is 2.66. The van der Waals surface area contributed by atoms with Crippen LogP contribution in [0.5, 0.6) is 0 Å². The molecule has 3 aromatic rings. The van der Waals surface area contributed by atoms with Crippen LogP contribution in [0.2, 0.25) is 0 Å². The zero-order chi connectivity index (χ0) is 22.2. The first kappa shape index (κ1) is 22.8. The molecule has 0 amide bonds. The van der Waals surface area contributed by atoms with Gasteiger partial charge in [0.15, 0.2) is 0 Å². The molecule has 164 valence electrons. The molecule has 3 rings (SSSR count). The van der Waals surface area contributed by atoms with E-state index in [9.17, 15) is 9.18 Å². The first-order valence-corrected chi connectivity index (χ1v) is 10.7. The predicted molar refractivity (Wildman–Crippen MR) is 122 cm³/mol. The van der Waals surface area contributed by atoms with Crippen LogP contribution in [0.25, 0.3) is 0 Å². The van der Waals surface area contributed by atoms with Crippen molar-refractivity contribution in [1.29, 1.82) is 0 Å². The molecule has 0 atom stereocenters. The van der Waals surface area contributed by atoms with Gasteiger partial charge in [0.1, 0.15) is 12.4 Å². The molecule has 0 N–H and O–H groups in total. The number of hydrogen-bond acceptors (Lipinski definition) is 3. The highest BCUT2D eigenvalue weighted by Crippen LogP contribution is 2.20. The van der Waals surface area contributed by atoms with Gasteiger partial charge in [-0.15, -0.1) is 0 Å². The molecule has 4 nitrogen and oxygen atoms in total. The lowest BCUT2D eigenvalue weighted by atomic mass is 10.1. The minimum atomic E-state index is -0.296. The molecular weight excluding hydrogens is 391 g/mol. The molecular formula is C26H31FN2O2. The van der Waals surface area contributed by atoms with Crippen molar-refractivity contribution in [3.05, 3.63) is 94.6 Å². The molecule has 0 aliphatic heterocycles. The molecule has 2 aromatic carbocycles. The lowest BCUT2D eigenvalue weighted by Gasteiger charge is -2.14. The Hall–Kier alpha value is -2.92. The van der Waals surface area contributed by atoms with Gasteiger partial charge in [0.25, 0.3) is 0 Å². The van der Waals surface area contributed by atoms with Crippen molar-refractivity contribution in [3.63, 3.8) is 0 Å². The lowest BCUT2D eigenvalue weighted by molar-refractivity contribution is 0.0471. The molecule has 0 saturated heterocycles. The van der Waals surface area contributed by atoms with Crippen molar-refractivity contribution in [2.45, 2.75) is 39.3 Å². The average molecular weight is 423 g/mol. The number of benzene rings is 2. The van der Waals surface area contributed by atoms with Crippen LogP contribution < -0.4 is 0 Å². The third-order valence-electron chi connectivity index (χ3n) is 5.46. The van der Waals surface area contributed by atoms with Gasteiger partial charge < -0.3 is 14.2 Å². The normalized spacial score (nSPS) is 11.1.